The predicted molar refractivity (Wildman–Crippen MR) is 77.6 cm³/mol. The van der Waals surface area contributed by atoms with E-state index in [-0.39, 0.29) is 5.82 Å². The number of halogens is 2. The van der Waals surface area contributed by atoms with Crippen LogP contribution in [0.3, 0.4) is 0 Å². The molecule has 1 aromatic carbocycles. The van der Waals surface area contributed by atoms with E-state index in [1.165, 1.54) is 31.2 Å². The van der Waals surface area contributed by atoms with E-state index in [4.69, 9.17) is 0 Å². The Hall–Kier alpha value is -0.410. The second-order valence-corrected chi connectivity index (χ2v) is 5.96. The zero-order chi connectivity index (χ0) is 13.0. The van der Waals surface area contributed by atoms with Crippen molar-refractivity contribution in [1.82, 2.24) is 4.90 Å². The summed E-state index contributed by atoms with van der Waals surface area (Å²) in [4.78, 5) is 2.56. The Morgan fingerprint density at radius 1 is 1.39 bits per heavy atom. The monoisotopic (exact) mass is 313 g/mol. The maximum atomic E-state index is 13.1. The van der Waals surface area contributed by atoms with Crippen molar-refractivity contribution < 1.29 is 4.39 Å². The van der Waals surface area contributed by atoms with Crippen molar-refractivity contribution in [3.8, 4) is 0 Å². The highest BCUT2D eigenvalue weighted by Crippen LogP contribution is 2.27. The van der Waals surface area contributed by atoms with Gasteiger partial charge in [0, 0.05) is 17.9 Å². The third-order valence-corrected chi connectivity index (χ3v) is 4.41. The molecule has 0 spiro atoms. The molecule has 0 amide bonds. The summed E-state index contributed by atoms with van der Waals surface area (Å²) in [5.41, 5.74) is 2.33. The summed E-state index contributed by atoms with van der Waals surface area (Å²) in [5, 5.41) is 1.05. The van der Waals surface area contributed by atoms with Gasteiger partial charge in [-0.15, -0.1) is 0 Å². The van der Waals surface area contributed by atoms with Crippen LogP contribution in [-0.4, -0.2) is 22.8 Å². The number of nitrogens with zero attached hydrogens (tertiary/aromatic N) is 1. The van der Waals surface area contributed by atoms with Crippen molar-refractivity contribution >= 4 is 15.9 Å². The van der Waals surface area contributed by atoms with Crippen molar-refractivity contribution in [3.05, 3.63) is 35.1 Å². The van der Waals surface area contributed by atoms with E-state index >= 15 is 0 Å². The number of hydrogen-bond donors (Lipinski definition) is 0. The maximum Gasteiger partial charge on any atom is 0.123 e. The first-order valence-corrected chi connectivity index (χ1v) is 7.88. The lowest BCUT2D eigenvalue weighted by Crippen LogP contribution is -2.40. The first-order chi connectivity index (χ1) is 8.70. The molecule has 1 aliphatic carbocycles. The van der Waals surface area contributed by atoms with Gasteiger partial charge in [0.05, 0.1) is 0 Å². The Labute approximate surface area is 118 Å². The molecule has 3 heteroatoms. The van der Waals surface area contributed by atoms with Gasteiger partial charge in [-0.25, -0.2) is 4.39 Å². The van der Waals surface area contributed by atoms with Gasteiger partial charge in [-0.2, -0.15) is 0 Å². The van der Waals surface area contributed by atoms with Gasteiger partial charge in [-0.3, -0.25) is 4.90 Å². The zero-order valence-corrected chi connectivity index (χ0v) is 12.5. The smallest absolute Gasteiger partial charge is 0.123 e. The van der Waals surface area contributed by atoms with Gasteiger partial charge < -0.3 is 0 Å². The second-order valence-electron chi connectivity index (χ2n) is 5.17. The Morgan fingerprint density at radius 3 is 2.72 bits per heavy atom. The molecule has 100 valence electrons. The maximum absolute atomic E-state index is 13.1. The Morgan fingerprint density at radius 2 is 2.17 bits per heavy atom. The summed E-state index contributed by atoms with van der Waals surface area (Å²) in [6, 6.07) is 5.89. The average Bonchev–Trinajstić information content (AvgIpc) is 2.27. The third-order valence-electron chi connectivity index (χ3n) is 3.85. The number of benzene rings is 1. The van der Waals surface area contributed by atoms with Gasteiger partial charge in [-0.05, 0) is 56.0 Å². The number of rotatable bonds is 6. The Bertz CT molecular complexity index is 390. The third kappa shape index (κ3) is 3.55. The first kappa shape index (κ1) is 14.0. The lowest BCUT2D eigenvalue weighted by atomic mass is 9.90. The topological polar surface area (TPSA) is 3.24 Å². The molecule has 0 atom stereocenters. The van der Waals surface area contributed by atoms with Crippen LogP contribution in [0, 0.1) is 12.7 Å². The van der Waals surface area contributed by atoms with Crippen LogP contribution >= 0.6 is 15.9 Å². The quantitative estimate of drug-likeness (QED) is 0.709. The molecular weight excluding hydrogens is 293 g/mol. The van der Waals surface area contributed by atoms with Crippen LogP contribution in [0.4, 0.5) is 4.39 Å². The number of aryl methyl sites for hydroxylation is 1. The average molecular weight is 314 g/mol. The molecule has 1 aromatic rings. The van der Waals surface area contributed by atoms with Crippen molar-refractivity contribution in [2.75, 3.05) is 11.9 Å². The molecular formula is C15H21BrFN. The first-order valence-electron chi connectivity index (χ1n) is 6.75. The molecule has 0 unspecified atom stereocenters. The van der Waals surface area contributed by atoms with E-state index in [1.807, 2.05) is 13.0 Å². The van der Waals surface area contributed by atoms with E-state index in [1.54, 1.807) is 12.1 Å². The van der Waals surface area contributed by atoms with E-state index in [2.05, 4.69) is 20.8 Å². The van der Waals surface area contributed by atoms with Gasteiger partial charge >= 0.3 is 0 Å². The summed E-state index contributed by atoms with van der Waals surface area (Å²) in [6.45, 7) is 4.10. The molecule has 0 radical (unpaired) electrons. The SMILES string of the molecule is Cc1cc(F)ccc1CN(CCCBr)C1CCC1. The highest BCUT2D eigenvalue weighted by molar-refractivity contribution is 9.09. The molecule has 0 saturated heterocycles. The molecule has 2 rings (SSSR count). The molecule has 1 nitrogen and oxygen atoms in total. The normalized spacial score (nSPS) is 16.0. The largest absolute Gasteiger partial charge is 0.296 e. The Kier molecular flexibility index (Phi) is 5.19. The van der Waals surface area contributed by atoms with E-state index in [9.17, 15) is 4.39 Å². The molecule has 18 heavy (non-hydrogen) atoms. The second kappa shape index (κ2) is 6.67. The lowest BCUT2D eigenvalue weighted by molar-refractivity contribution is 0.120. The fourth-order valence-electron chi connectivity index (χ4n) is 2.46. The van der Waals surface area contributed by atoms with Gasteiger partial charge in [0.15, 0.2) is 0 Å². The minimum absolute atomic E-state index is 0.132. The van der Waals surface area contributed by atoms with Crippen LogP contribution in [0.25, 0.3) is 0 Å². The van der Waals surface area contributed by atoms with Gasteiger partial charge in [0.1, 0.15) is 5.82 Å². The van der Waals surface area contributed by atoms with Crippen LogP contribution in [-0.2, 0) is 6.54 Å². The van der Waals surface area contributed by atoms with Crippen molar-refractivity contribution in [2.45, 2.75) is 45.2 Å². The standard InChI is InChI=1S/C15H21BrFN/c1-12-10-14(17)7-6-13(12)11-18(9-3-8-16)15-4-2-5-15/h6-7,10,15H,2-5,8-9,11H2,1H3. The van der Waals surface area contributed by atoms with Crippen LogP contribution < -0.4 is 0 Å². The molecule has 0 aromatic heterocycles. The summed E-state index contributed by atoms with van der Waals surface area (Å²) in [6.07, 6.45) is 5.18. The van der Waals surface area contributed by atoms with Crippen molar-refractivity contribution in [3.63, 3.8) is 0 Å². The lowest BCUT2D eigenvalue weighted by Gasteiger charge is -2.38. The van der Waals surface area contributed by atoms with Crippen LogP contribution in [0.1, 0.15) is 36.8 Å². The summed E-state index contributed by atoms with van der Waals surface area (Å²) in [5.74, 6) is -0.132. The molecule has 0 N–H and O–H groups in total. The van der Waals surface area contributed by atoms with Gasteiger partial charge in [0.25, 0.3) is 0 Å². The molecule has 0 heterocycles. The fourth-order valence-corrected chi connectivity index (χ4v) is 2.71. The van der Waals surface area contributed by atoms with Crippen LogP contribution in [0.15, 0.2) is 18.2 Å². The van der Waals surface area contributed by atoms with Gasteiger partial charge in [-0.1, -0.05) is 28.4 Å². The number of hydrogen-bond acceptors (Lipinski definition) is 1. The number of alkyl halides is 1. The molecule has 1 fully saturated rings. The van der Waals surface area contributed by atoms with Crippen LogP contribution in [0.2, 0.25) is 0 Å². The summed E-state index contributed by atoms with van der Waals surface area (Å²) in [7, 11) is 0. The fraction of sp³-hybridized carbons (Fsp3) is 0.600. The molecule has 1 aliphatic rings. The molecule has 1 saturated carbocycles. The van der Waals surface area contributed by atoms with Crippen LogP contribution in [0.5, 0.6) is 0 Å². The van der Waals surface area contributed by atoms with E-state index < -0.39 is 0 Å². The highest BCUT2D eigenvalue weighted by atomic mass is 79.9. The Balaban J connectivity index is 2.02. The minimum atomic E-state index is -0.132. The minimum Gasteiger partial charge on any atom is -0.296 e. The van der Waals surface area contributed by atoms with E-state index in [0.717, 1.165) is 30.0 Å². The van der Waals surface area contributed by atoms with Crippen molar-refractivity contribution in [1.29, 1.82) is 0 Å². The predicted octanol–water partition coefficient (Wildman–Crippen LogP) is 4.27. The van der Waals surface area contributed by atoms with E-state index in [0.29, 0.717) is 0 Å². The van der Waals surface area contributed by atoms with Gasteiger partial charge in [0.2, 0.25) is 0 Å². The zero-order valence-electron chi connectivity index (χ0n) is 11.0. The van der Waals surface area contributed by atoms with Crippen molar-refractivity contribution in [2.24, 2.45) is 0 Å². The molecule has 0 bridgehead atoms. The summed E-state index contributed by atoms with van der Waals surface area (Å²) < 4.78 is 13.1. The highest BCUT2D eigenvalue weighted by Gasteiger charge is 2.24. The summed E-state index contributed by atoms with van der Waals surface area (Å²) >= 11 is 3.50. The molecule has 0 aliphatic heterocycles.